The summed E-state index contributed by atoms with van der Waals surface area (Å²) in [4.78, 5) is 0. The van der Waals surface area contributed by atoms with Crippen LogP contribution in [0, 0.1) is 12.1 Å². The third-order valence-electron chi connectivity index (χ3n) is 1.99. The van der Waals surface area contributed by atoms with Gasteiger partial charge >= 0.3 is 0 Å². The van der Waals surface area contributed by atoms with Crippen LogP contribution in [0.2, 0.25) is 0 Å². The number of aryl methyl sites for hydroxylation is 2. The van der Waals surface area contributed by atoms with Gasteiger partial charge in [-0.2, -0.15) is 4.73 Å². The minimum absolute atomic E-state index is 0.759. The van der Waals surface area contributed by atoms with Crippen molar-refractivity contribution in [3.05, 3.63) is 34.8 Å². The molecule has 0 fully saturated rings. The number of hydrogen-bond donors (Lipinski definition) is 0. The van der Waals surface area contributed by atoms with Gasteiger partial charge in [0.05, 0.1) is 0 Å². The third-order valence-corrected chi connectivity index (χ3v) is 1.99. The molecule has 12 heavy (non-hydrogen) atoms. The van der Waals surface area contributed by atoms with E-state index in [-0.39, 0.29) is 0 Å². The molecule has 66 valence electrons. The van der Waals surface area contributed by atoms with E-state index in [9.17, 15) is 5.21 Å². The largest absolute Gasteiger partial charge is 0.619 e. The molecule has 0 aliphatic heterocycles. The van der Waals surface area contributed by atoms with Crippen LogP contribution in [0.15, 0.2) is 18.3 Å². The molecule has 0 bridgehead atoms. The second-order valence-corrected chi connectivity index (χ2v) is 3.11. The van der Waals surface area contributed by atoms with Crippen molar-refractivity contribution in [2.45, 2.75) is 33.1 Å². The van der Waals surface area contributed by atoms with Crippen molar-refractivity contribution < 1.29 is 4.73 Å². The zero-order valence-electron chi connectivity index (χ0n) is 7.71. The van der Waals surface area contributed by atoms with E-state index in [1.807, 2.05) is 19.1 Å². The van der Waals surface area contributed by atoms with Crippen LogP contribution in [-0.4, -0.2) is 0 Å². The SMILES string of the molecule is CCCCc1ccc(C)[n+]([O-])c1. The van der Waals surface area contributed by atoms with Crippen molar-refractivity contribution >= 4 is 0 Å². The fourth-order valence-corrected chi connectivity index (χ4v) is 1.13. The van der Waals surface area contributed by atoms with Gasteiger partial charge in [0, 0.05) is 18.6 Å². The van der Waals surface area contributed by atoms with Gasteiger partial charge < -0.3 is 5.21 Å². The summed E-state index contributed by atoms with van der Waals surface area (Å²) in [6, 6.07) is 3.90. The summed E-state index contributed by atoms with van der Waals surface area (Å²) in [5.74, 6) is 0. The summed E-state index contributed by atoms with van der Waals surface area (Å²) in [6.07, 6.45) is 5.01. The zero-order valence-corrected chi connectivity index (χ0v) is 7.71. The Morgan fingerprint density at radius 3 is 2.75 bits per heavy atom. The monoisotopic (exact) mass is 165 g/mol. The first-order valence-electron chi connectivity index (χ1n) is 4.42. The van der Waals surface area contributed by atoms with Crippen LogP contribution < -0.4 is 4.73 Å². The van der Waals surface area contributed by atoms with Crippen molar-refractivity contribution in [3.8, 4) is 0 Å². The Morgan fingerprint density at radius 2 is 2.17 bits per heavy atom. The smallest absolute Gasteiger partial charge is 0.189 e. The molecule has 1 aromatic heterocycles. The molecule has 1 heterocycles. The Labute approximate surface area is 73.4 Å². The molecule has 1 aromatic rings. The second kappa shape index (κ2) is 4.10. The standard InChI is InChI=1S/C10H15NO/c1-3-4-5-10-7-6-9(2)11(12)8-10/h6-8H,3-5H2,1-2H3. The van der Waals surface area contributed by atoms with E-state index in [4.69, 9.17) is 0 Å². The molecule has 0 saturated carbocycles. The van der Waals surface area contributed by atoms with Gasteiger partial charge in [-0.25, -0.2) is 0 Å². The molecule has 0 aromatic carbocycles. The number of hydrogen-bond acceptors (Lipinski definition) is 1. The second-order valence-electron chi connectivity index (χ2n) is 3.11. The Kier molecular flexibility index (Phi) is 3.09. The molecule has 0 atom stereocenters. The molecule has 0 saturated heterocycles. The van der Waals surface area contributed by atoms with Gasteiger partial charge in [0.15, 0.2) is 11.9 Å². The van der Waals surface area contributed by atoms with E-state index < -0.39 is 0 Å². The number of pyridine rings is 1. The molecular weight excluding hydrogens is 150 g/mol. The summed E-state index contributed by atoms with van der Waals surface area (Å²) in [5.41, 5.74) is 1.90. The van der Waals surface area contributed by atoms with Gasteiger partial charge in [-0.3, -0.25) is 0 Å². The van der Waals surface area contributed by atoms with Crippen LogP contribution >= 0.6 is 0 Å². The predicted molar refractivity (Wildman–Crippen MR) is 48.8 cm³/mol. The molecule has 0 N–H and O–H groups in total. The maximum atomic E-state index is 11.1. The lowest BCUT2D eigenvalue weighted by molar-refractivity contribution is -0.612. The van der Waals surface area contributed by atoms with E-state index >= 15 is 0 Å². The van der Waals surface area contributed by atoms with Crippen molar-refractivity contribution in [1.29, 1.82) is 0 Å². The van der Waals surface area contributed by atoms with Crippen molar-refractivity contribution in [1.82, 2.24) is 0 Å². The summed E-state index contributed by atoms with van der Waals surface area (Å²) in [7, 11) is 0. The summed E-state index contributed by atoms with van der Waals surface area (Å²) in [5, 5.41) is 11.1. The summed E-state index contributed by atoms with van der Waals surface area (Å²) >= 11 is 0. The zero-order chi connectivity index (χ0) is 8.97. The van der Waals surface area contributed by atoms with Gasteiger partial charge in [-0.1, -0.05) is 13.3 Å². The Balaban J connectivity index is 2.69. The van der Waals surface area contributed by atoms with E-state index in [1.54, 1.807) is 6.20 Å². The molecular formula is C10H15NO. The molecule has 0 spiro atoms. The summed E-state index contributed by atoms with van der Waals surface area (Å²) < 4.78 is 0.936. The minimum atomic E-state index is 0.759. The average molecular weight is 165 g/mol. The van der Waals surface area contributed by atoms with Crippen LogP contribution in [0.1, 0.15) is 31.0 Å². The Bertz CT molecular complexity index is 258. The predicted octanol–water partition coefficient (Wildman–Crippen LogP) is 1.97. The van der Waals surface area contributed by atoms with Gasteiger partial charge in [0.1, 0.15) is 0 Å². The average Bonchev–Trinajstić information content (AvgIpc) is 2.07. The minimum Gasteiger partial charge on any atom is -0.619 e. The normalized spacial score (nSPS) is 10.2. The van der Waals surface area contributed by atoms with Crippen molar-refractivity contribution in [2.75, 3.05) is 0 Å². The lowest BCUT2D eigenvalue weighted by atomic mass is 10.1. The fraction of sp³-hybridized carbons (Fsp3) is 0.500. The molecule has 1 rings (SSSR count). The molecule has 2 heteroatoms. The van der Waals surface area contributed by atoms with Gasteiger partial charge in [0.2, 0.25) is 0 Å². The lowest BCUT2D eigenvalue weighted by Crippen LogP contribution is -2.29. The number of rotatable bonds is 3. The van der Waals surface area contributed by atoms with Gasteiger partial charge in [0.25, 0.3) is 0 Å². The first-order valence-corrected chi connectivity index (χ1v) is 4.42. The van der Waals surface area contributed by atoms with Gasteiger partial charge in [-0.15, -0.1) is 0 Å². The van der Waals surface area contributed by atoms with E-state index in [0.717, 1.165) is 28.8 Å². The van der Waals surface area contributed by atoms with Crippen LogP contribution in [0.25, 0.3) is 0 Å². The van der Waals surface area contributed by atoms with Crippen LogP contribution in [-0.2, 0) is 6.42 Å². The molecule has 2 nitrogen and oxygen atoms in total. The molecule has 0 aliphatic rings. The van der Waals surface area contributed by atoms with Crippen molar-refractivity contribution in [2.24, 2.45) is 0 Å². The van der Waals surface area contributed by atoms with E-state index in [2.05, 4.69) is 6.92 Å². The van der Waals surface area contributed by atoms with Gasteiger partial charge in [-0.05, 0) is 18.9 Å². The fourth-order valence-electron chi connectivity index (χ4n) is 1.13. The highest BCUT2D eigenvalue weighted by Gasteiger charge is 2.00. The number of aromatic nitrogens is 1. The first kappa shape index (κ1) is 9.04. The first-order chi connectivity index (χ1) is 5.74. The maximum Gasteiger partial charge on any atom is 0.189 e. The molecule has 0 amide bonds. The maximum absolute atomic E-state index is 11.1. The van der Waals surface area contributed by atoms with E-state index in [1.165, 1.54) is 6.42 Å². The highest BCUT2D eigenvalue weighted by atomic mass is 16.5. The van der Waals surface area contributed by atoms with Crippen LogP contribution in [0.3, 0.4) is 0 Å². The van der Waals surface area contributed by atoms with Crippen molar-refractivity contribution in [3.63, 3.8) is 0 Å². The Hall–Kier alpha value is -1.05. The van der Waals surface area contributed by atoms with Crippen LogP contribution in [0.4, 0.5) is 0 Å². The Morgan fingerprint density at radius 1 is 1.42 bits per heavy atom. The number of unbranched alkanes of at least 4 members (excludes halogenated alkanes) is 1. The molecule has 0 aliphatic carbocycles. The lowest BCUT2D eigenvalue weighted by Gasteiger charge is -2.02. The highest BCUT2D eigenvalue weighted by Crippen LogP contribution is 2.02. The topological polar surface area (TPSA) is 26.9 Å². The van der Waals surface area contributed by atoms with E-state index in [0.29, 0.717) is 0 Å². The third kappa shape index (κ3) is 2.22. The molecule has 0 unspecified atom stereocenters. The van der Waals surface area contributed by atoms with Crippen LogP contribution in [0.5, 0.6) is 0 Å². The number of nitrogens with zero attached hydrogens (tertiary/aromatic N) is 1. The summed E-state index contributed by atoms with van der Waals surface area (Å²) in [6.45, 7) is 3.97. The molecule has 0 radical (unpaired) electrons. The highest BCUT2D eigenvalue weighted by molar-refractivity contribution is 5.08. The quantitative estimate of drug-likeness (QED) is 0.497.